The highest BCUT2D eigenvalue weighted by Crippen LogP contribution is 2.24. The topological polar surface area (TPSA) is 60.9 Å². The lowest BCUT2D eigenvalue weighted by Crippen LogP contribution is -1.89. The molecule has 96 valence electrons. The molecule has 6 heteroatoms. The normalized spacial score (nSPS) is 11.1. The molecular weight excluding hydrogens is 266 g/mol. The average molecular weight is 276 g/mol. The van der Waals surface area contributed by atoms with E-state index in [4.69, 9.17) is 16.1 Å². The Morgan fingerprint density at radius 1 is 1.37 bits per heavy atom. The van der Waals surface area contributed by atoms with Gasteiger partial charge >= 0.3 is 0 Å². The van der Waals surface area contributed by atoms with Gasteiger partial charge in [-0.05, 0) is 30.7 Å². The van der Waals surface area contributed by atoms with Crippen LogP contribution in [0.4, 0.5) is 0 Å². The Balaban J connectivity index is 2.12. The number of carbonyl (C=O) groups is 1. The molecule has 0 amide bonds. The van der Waals surface area contributed by atoms with Crippen molar-refractivity contribution < 1.29 is 9.32 Å². The standard InChI is InChI=1S/C13H10ClN3O2/c1-7-15-10-5-8(3-4-11(10)17(7)2)9-6-12(13(14)18)19-16-9/h3-6H,1-2H3. The third-order valence-corrected chi connectivity index (χ3v) is 3.29. The van der Waals surface area contributed by atoms with Gasteiger partial charge in [0.05, 0.1) is 11.0 Å². The van der Waals surface area contributed by atoms with E-state index in [1.807, 2.05) is 36.7 Å². The second kappa shape index (κ2) is 4.20. The maximum absolute atomic E-state index is 11.0. The van der Waals surface area contributed by atoms with Crippen molar-refractivity contribution in [2.75, 3.05) is 0 Å². The van der Waals surface area contributed by atoms with Crippen molar-refractivity contribution >= 4 is 27.9 Å². The minimum absolute atomic E-state index is 0.0361. The van der Waals surface area contributed by atoms with Crippen molar-refractivity contribution in [3.63, 3.8) is 0 Å². The molecule has 5 nitrogen and oxygen atoms in total. The minimum Gasteiger partial charge on any atom is -0.351 e. The molecule has 0 spiro atoms. The number of aryl methyl sites for hydroxylation is 2. The van der Waals surface area contributed by atoms with E-state index in [9.17, 15) is 4.79 Å². The van der Waals surface area contributed by atoms with Gasteiger partial charge in [0, 0.05) is 18.7 Å². The molecule has 0 atom stereocenters. The van der Waals surface area contributed by atoms with Gasteiger partial charge in [-0.3, -0.25) is 4.79 Å². The Bertz CT molecular complexity index is 788. The third-order valence-electron chi connectivity index (χ3n) is 3.10. The first kappa shape index (κ1) is 11.9. The molecule has 0 aliphatic rings. The van der Waals surface area contributed by atoms with E-state index in [-0.39, 0.29) is 5.76 Å². The van der Waals surface area contributed by atoms with Gasteiger partial charge < -0.3 is 9.09 Å². The summed E-state index contributed by atoms with van der Waals surface area (Å²) in [6, 6.07) is 7.29. The SMILES string of the molecule is Cc1nc2cc(-c3cc(C(=O)Cl)on3)ccc2n1C. The summed E-state index contributed by atoms with van der Waals surface area (Å²) in [5, 5.41) is 3.17. The van der Waals surface area contributed by atoms with Crippen LogP contribution < -0.4 is 0 Å². The Morgan fingerprint density at radius 2 is 2.16 bits per heavy atom. The quantitative estimate of drug-likeness (QED) is 0.675. The summed E-state index contributed by atoms with van der Waals surface area (Å²) in [5.41, 5.74) is 3.31. The number of rotatable bonds is 2. The summed E-state index contributed by atoms with van der Waals surface area (Å²) in [7, 11) is 1.96. The predicted octanol–water partition coefficient (Wildman–Crippen LogP) is 2.92. The maximum Gasteiger partial charge on any atom is 0.290 e. The first-order valence-electron chi connectivity index (χ1n) is 5.66. The third kappa shape index (κ3) is 1.92. The van der Waals surface area contributed by atoms with Crippen LogP contribution in [0.1, 0.15) is 16.4 Å². The molecule has 0 saturated carbocycles. The molecule has 0 aliphatic heterocycles. The second-order valence-corrected chi connectivity index (χ2v) is 4.61. The summed E-state index contributed by atoms with van der Waals surface area (Å²) >= 11 is 5.33. The van der Waals surface area contributed by atoms with Crippen LogP contribution in [0.2, 0.25) is 0 Å². The van der Waals surface area contributed by atoms with E-state index >= 15 is 0 Å². The number of benzene rings is 1. The van der Waals surface area contributed by atoms with Crippen LogP contribution >= 0.6 is 11.6 Å². The number of nitrogens with zero attached hydrogens (tertiary/aromatic N) is 3. The number of hydrogen-bond donors (Lipinski definition) is 0. The van der Waals surface area contributed by atoms with Gasteiger partial charge in [0.15, 0.2) is 0 Å². The molecule has 2 aromatic heterocycles. The molecule has 3 aromatic rings. The van der Waals surface area contributed by atoms with Crippen molar-refractivity contribution in [1.82, 2.24) is 14.7 Å². The molecule has 19 heavy (non-hydrogen) atoms. The highest BCUT2D eigenvalue weighted by atomic mass is 35.5. The van der Waals surface area contributed by atoms with Crippen LogP contribution in [0.3, 0.4) is 0 Å². The number of halogens is 1. The first-order valence-corrected chi connectivity index (χ1v) is 6.04. The summed E-state index contributed by atoms with van der Waals surface area (Å²) < 4.78 is 6.87. The molecule has 2 heterocycles. The van der Waals surface area contributed by atoms with E-state index < -0.39 is 5.24 Å². The number of carbonyl (C=O) groups excluding carboxylic acids is 1. The smallest absolute Gasteiger partial charge is 0.290 e. The lowest BCUT2D eigenvalue weighted by molar-refractivity contribution is 0.104. The molecule has 0 saturated heterocycles. The van der Waals surface area contributed by atoms with E-state index in [0.717, 1.165) is 22.4 Å². The van der Waals surface area contributed by atoms with Crippen molar-refractivity contribution in [2.45, 2.75) is 6.92 Å². The highest BCUT2D eigenvalue weighted by Gasteiger charge is 2.13. The average Bonchev–Trinajstić information content (AvgIpc) is 2.96. The van der Waals surface area contributed by atoms with E-state index in [2.05, 4.69) is 10.1 Å². The van der Waals surface area contributed by atoms with E-state index in [1.165, 1.54) is 6.07 Å². The highest BCUT2D eigenvalue weighted by molar-refractivity contribution is 6.67. The van der Waals surface area contributed by atoms with Crippen LogP contribution in [0.5, 0.6) is 0 Å². The maximum atomic E-state index is 11.0. The van der Waals surface area contributed by atoms with Gasteiger partial charge in [-0.15, -0.1) is 0 Å². The van der Waals surface area contributed by atoms with Crippen LogP contribution in [0.15, 0.2) is 28.8 Å². The number of hydrogen-bond acceptors (Lipinski definition) is 4. The molecule has 0 bridgehead atoms. The molecular formula is C13H10ClN3O2. The number of aromatic nitrogens is 3. The Kier molecular flexibility index (Phi) is 2.64. The van der Waals surface area contributed by atoms with Gasteiger partial charge in [0.1, 0.15) is 11.5 Å². The van der Waals surface area contributed by atoms with Gasteiger partial charge in [0.25, 0.3) is 5.24 Å². The number of fused-ring (bicyclic) bond motifs is 1. The largest absolute Gasteiger partial charge is 0.351 e. The molecule has 0 radical (unpaired) electrons. The van der Waals surface area contributed by atoms with Crippen LogP contribution in [-0.4, -0.2) is 20.0 Å². The van der Waals surface area contributed by atoms with Crippen LogP contribution in [0, 0.1) is 6.92 Å². The van der Waals surface area contributed by atoms with Crippen LogP contribution in [-0.2, 0) is 7.05 Å². The van der Waals surface area contributed by atoms with Gasteiger partial charge in [-0.25, -0.2) is 4.98 Å². The van der Waals surface area contributed by atoms with Gasteiger partial charge in [0.2, 0.25) is 5.76 Å². The fourth-order valence-electron chi connectivity index (χ4n) is 1.98. The summed E-state index contributed by atoms with van der Waals surface area (Å²) in [6.45, 7) is 1.94. The molecule has 1 aromatic carbocycles. The van der Waals surface area contributed by atoms with E-state index in [1.54, 1.807) is 0 Å². The molecule has 0 unspecified atom stereocenters. The molecule has 0 N–H and O–H groups in total. The molecule has 3 rings (SSSR count). The zero-order valence-corrected chi connectivity index (χ0v) is 11.1. The molecule has 0 aliphatic carbocycles. The lowest BCUT2D eigenvalue weighted by atomic mass is 10.1. The lowest BCUT2D eigenvalue weighted by Gasteiger charge is -1.97. The Labute approximate surface area is 113 Å². The Hall–Kier alpha value is -2.14. The Morgan fingerprint density at radius 3 is 2.84 bits per heavy atom. The number of imidazole rings is 1. The molecule has 0 fully saturated rings. The van der Waals surface area contributed by atoms with Gasteiger partial charge in [-0.2, -0.15) is 0 Å². The van der Waals surface area contributed by atoms with E-state index in [0.29, 0.717) is 5.69 Å². The first-order chi connectivity index (χ1) is 9.06. The van der Waals surface area contributed by atoms with Crippen molar-refractivity contribution in [3.8, 4) is 11.3 Å². The van der Waals surface area contributed by atoms with Gasteiger partial charge in [-0.1, -0.05) is 11.2 Å². The second-order valence-electron chi connectivity index (χ2n) is 4.27. The van der Waals surface area contributed by atoms with Crippen molar-refractivity contribution in [1.29, 1.82) is 0 Å². The van der Waals surface area contributed by atoms with Crippen LogP contribution in [0.25, 0.3) is 22.3 Å². The zero-order valence-electron chi connectivity index (χ0n) is 10.3. The van der Waals surface area contributed by atoms with Crippen molar-refractivity contribution in [2.24, 2.45) is 7.05 Å². The summed E-state index contributed by atoms with van der Waals surface area (Å²) in [6.07, 6.45) is 0. The fourth-order valence-corrected chi connectivity index (χ4v) is 2.07. The predicted molar refractivity (Wildman–Crippen MR) is 71.1 cm³/mol. The minimum atomic E-state index is -0.659. The summed E-state index contributed by atoms with van der Waals surface area (Å²) in [4.78, 5) is 15.4. The fraction of sp³-hybridized carbons (Fsp3) is 0.154. The zero-order chi connectivity index (χ0) is 13.6. The van der Waals surface area contributed by atoms with Crippen molar-refractivity contribution in [3.05, 3.63) is 35.9 Å². The summed E-state index contributed by atoms with van der Waals surface area (Å²) in [5.74, 6) is 0.970. The monoisotopic (exact) mass is 275 g/mol.